The monoisotopic (exact) mass is 366 g/mol. The minimum Gasteiger partial charge on any atom is -0.481 e. The van der Waals surface area contributed by atoms with Gasteiger partial charge in [-0.15, -0.1) is 0 Å². The van der Waals surface area contributed by atoms with Crippen LogP contribution >= 0.6 is 11.6 Å². The Labute approximate surface area is 152 Å². The smallest absolute Gasteiger partial charge is 0.311 e. The van der Waals surface area contributed by atoms with Crippen LogP contribution in [-0.4, -0.2) is 40.9 Å². The molecule has 2 amide bonds. The van der Waals surface area contributed by atoms with E-state index in [2.05, 4.69) is 5.32 Å². The van der Waals surface area contributed by atoms with Crippen molar-refractivity contribution in [3.63, 3.8) is 0 Å². The number of benzene rings is 1. The molecule has 1 aliphatic rings. The predicted molar refractivity (Wildman–Crippen MR) is 95.8 cm³/mol. The van der Waals surface area contributed by atoms with Crippen LogP contribution < -0.4 is 5.32 Å². The SMILES string of the molecule is CC(C)C(=O)Nc1ccc(Cl)c(C(=O)N2CCCC(C)(C(=O)O)C2)c1. The molecular weight excluding hydrogens is 344 g/mol. The van der Waals surface area contributed by atoms with Crippen molar-refractivity contribution in [2.24, 2.45) is 11.3 Å². The van der Waals surface area contributed by atoms with Crippen molar-refractivity contribution in [3.05, 3.63) is 28.8 Å². The zero-order chi connectivity index (χ0) is 18.8. The first-order valence-electron chi connectivity index (χ1n) is 8.27. The standard InChI is InChI=1S/C18H23ClN2O4/c1-11(2)15(22)20-12-5-6-14(19)13(9-12)16(23)21-8-4-7-18(3,10-21)17(24)25/h5-6,9,11H,4,7-8,10H2,1-3H3,(H,20,22)(H,24,25). The number of piperidine rings is 1. The van der Waals surface area contributed by atoms with Crippen molar-refractivity contribution >= 4 is 35.1 Å². The van der Waals surface area contributed by atoms with Crippen molar-refractivity contribution in [2.75, 3.05) is 18.4 Å². The van der Waals surface area contributed by atoms with Crippen molar-refractivity contribution in [3.8, 4) is 0 Å². The molecule has 0 saturated carbocycles. The highest BCUT2D eigenvalue weighted by Crippen LogP contribution is 2.32. The molecule has 0 spiro atoms. The highest BCUT2D eigenvalue weighted by Gasteiger charge is 2.39. The lowest BCUT2D eigenvalue weighted by molar-refractivity contribution is -0.150. The first-order chi connectivity index (χ1) is 11.6. The zero-order valence-corrected chi connectivity index (χ0v) is 15.4. The number of aliphatic carboxylic acids is 1. The number of carbonyl (C=O) groups excluding carboxylic acids is 2. The van der Waals surface area contributed by atoms with Gasteiger partial charge in [-0.25, -0.2) is 0 Å². The summed E-state index contributed by atoms with van der Waals surface area (Å²) in [5, 5.41) is 12.4. The Morgan fingerprint density at radius 2 is 2.00 bits per heavy atom. The Morgan fingerprint density at radius 1 is 1.32 bits per heavy atom. The summed E-state index contributed by atoms with van der Waals surface area (Å²) in [6.07, 6.45) is 1.15. The maximum Gasteiger partial charge on any atom is 0.311 e. The Balaban J connectivity index is 2.23. The summed E-state index contributed by atoms with van der Waals surface area (Å²) in [7, 11) is 0. The van der Waals surface area contributed by atoms with E-state index >= 15 is 0 Å². The average molecular weight is 367 g/mol. The van der Waals surface area contributed by atoms with Crippen LogP contribution in [0.4, 0.5) is 5.69 Å². The summed E-state index contributed by atoms with van der Waals surface area (Å²) in [6.45, 7) is 5.83. The molecule has 0 aliphatic carbocycles. The van der Waals surface area contributed by atoms with Crippen molar-refractivity contribution < 1.29 is 19.5 Å². The van der Waals surface area contributed by atoms with E-state index < -0.39 is 11.4 Å². The molecule has 0 bridgehead atoms. The van der Waals surface area contributed by atoms with Crippen molar-refractivity contribution in [2.45, 2.75) is 33.6 Å². The molecule has 2 rings (SSSR count). The number of halogens is 1. The van der Waals surface area contributed by atoms with Gasteiger partial charge in [0.1, 0.15) is 0 Å². The zero-order valence-electron chi connectivity index (χ0n) is 14.6. The largest absolute Gasteiger partial charge is 0.481 e. The number of carboxylic acid groups (broad SMARTS) is 1. The van der Waals surface area contributed by atoms with E-state index in [0.29, 0.717) is 25.1 Å². The molecule has 1 saturated heterocycles. The molecule has 6 nitrogen and oxygen atoms in total. The normalized spacial score (nSPS) is 20.4. The Bertz CT molecular complexity index is 704. The summed E-state index contributed by atoms with van der Waals surface area (Å²) in [4.78, 5) is 37.7. The van der Waals surface area contributed by atoms with Gasteiger partial charge in [0.25, 0.3) is 5.91 Å². The van der Waals surface area contributed by atoms with Crippen molar-refractivity contribution in [1.82, 2.24) is 4.90 Å². The molecule has 7 heteroatoms. The first-order valence-corrected chi connectivity index (χ1v) is 8.65. The van der Waals surface area contributed by atoms with E-state index in [0.717, 1.165) is 0 Å². The van der Waals surface area contributed by atoms with Crippen LogP contribution in [0, 0.1) is 11.3 Å². The molecular formula is C18H23ClN2O4. The fourth-order valence-electron chi connectivity index (χ4n) is 2.81. The molecule has 1 heterocycles. The van der Waals surface area contributed by atoms with Gasteiger partial charge in [-0.3, -0.25) is 14.4 Å². The number of nitrogens with one attached hydrogen (secondary N) is 1. The number of rotatable bonds is 4. The lowest BCUT2D eigenvalue weighted by atomic mass is 9.82. The number of hydrogen-bond donors (Lipinski definition) is 2. The van der Waals surface area contributed by atoms with Gasteiger partial charge in [0.05, 0.1) is 16.0 Å². The van der Waals surface area contributed by atoms with Gasteiger partial charge in [-0.1, -0.05) is 25.4 Å². The maximum atomic E-state index is 12.8. The average Bonchev–Trinajstić information content (AvgIpc) is 2.55. The number of hydrogen-bond acceptors (Lipinski definition) is 3. The topological polar surface area (TPSA) is 86.7 Å². The van der Waals surface area contributed by atoms with Crippen LogP contribution in [0.15, 0.2) is 18.2 Å². The maximum absolute atomic E-state index is 12.8. The van der Waals surface area contributed by atoms with Gasteiger partial charge in [-0.05, 0) is 38.0 Å². The predicted octanol–water partition coefficient (Wildman–Crippen LogP) is 3.26. The first kappa shape index (κ1) is 19.2. The van der Waals surface area contributed by atoms with Crippen LogP contribution in [0.5, 0.6) is 0 Å². The van der Waals surface area contributed by atoms with Gasteiger partial charge in [0, 0.05) is 24.7 Å². The summed E-state index contributed by atoms with van der Waals surface area (Å²) < 4.78 is 0. The third kappa shape index (κ3) is 4.31. The molecule has 1 unspecified atom stereocenters. The van der Waals surface area contributed by atoms with E-state index in [1.807, 2.05) is 0 Å². The summed E-state index contributed by atoms with van der Waals surface area (Å²) in [5.74, 6) is -1.57. The van der Waals surface area contributed by atoms with Crippen LogP contribution in [0.2, 0.25) is 5.02 Å². The van der Waals surface area contributed by atoms with Gasteiger partial charge < -0.3 is 15.3 Å². The molecule has 2 N–H and O–H groups in total. The second-order valence-electron chi connectivity index (χ2n) is 7.03. The van der Waals surface area contributed by atoms with Crippen LogP contribution in [0.3, 0.4) is 0 Å². The molecule has 0 aromatic heterocycles. The lowest BCUT2D eigenvalue weighted by Crippen LogP contribution is -2.48. The van der Waals surface area contributed by atoms with Gasteiger partial charge >= 0.3 is 5.97 Å². The van der Waals surface area contributed by atoms with Crippen LogP contribution in [0.25, 0.3) is 0 Å². The fourth-order valence-corrected chi connectivity index (χ4v) is 3.01. The second kappa shape index (κ2) is 7.44. The summed E-state index contributed by atoms with van der Waals surface area (Å²) in [6, 6.07) is 4.74. The van der Waals surface area contributed by atoms with Gasteiger partial charge in [0.15, 0.2) is 0 Å². The van der Waals surface area contributed by atoms with Gasteiger partial charge in [0.2, 0.25) is 5.91 Å². The molecule has 1 aliphatic heterocycles. The third-order valence-electron chi connectivity index (χ3n) is 4.49. The molecule has 25 heavy (non-hydrogen) atoms. The van der Waals surface area contributed by atoms with E-state index in [1.54, 1.807) is 32.9 Å². The number of nitrogens with zero attached hydrogens (tertiary/aromatic N) is 1. The number of carbonyl (C=O) groups is 3. The summed E-state index contributed by atoms with van der Waals surface area (Å²) in [5.41, 5.74) is -0.202. The molecule has 1 atom stereocenters. The van der Waals surface area contributed by atoms with Crippen LogP contribution in [-0.2, 0) is 9.59 Å². The van der Waals surface area contributed by atoms with E-state index in [4.69, 9.17) is 11.6 Å². The quantitative estimate of drug-likeness (QED) is 0.856. The highest BCUT2D eigenvalue weighted by molar-refractivity contribution is 6.34. The molecule has 0 radical (unpaired) electrons. The van der Waals surface area contributed by atoms with Crippen molar-refractivity contribution in [1.29, 1.82) is 0 Å². The van der Waals surface area contributed by atoms with Gasteiger partial charge in [-0.2, -0.15) is 0 Å². The number of likely N-dealkylation sites (tertiary alicyclic amines) is 1. The molecule has 1 fully saturated rings. The Morgan fingerprint density at radius 3 is 2.60 bits per heavy atom. The van der Waals surface area contributed by atoms with E-state index in [-0.39, 0.29) is 34.9 Å². The molecule has 1 aromatic rings. The second-order valence-corrected chi connectivity index (χ2v) is 7.44. The molecule has 136 valence electrons. The Hall–Kier alpha value is -2.08. The summed E-state index contributed by atoms with van der Waals surface area (Å²) >= 11 is 6.17. The third-order valence-corrected chi connectivity index (χ3v) is 4.82. The number of carboxylic acids is 1. The minimum atomic E-state index is -0.955. The fraction of sp³-hybridized carbons (Fsp3) is 0.500. The van der Waals surface area contributed by atoms with E-state index in [9.17, 15) is 19.5 Å². The highest BCUT2D eigenvalue weighted by atomic mass is 35.5. The lowest BCUT2D eigenvalue weighted by Gasteiger charge is -2.37. The van der Waals surface area contributed by atoms with Crippen LogP contribution in [0.1, 0.15) is 44.0 Å². The minimum absolute atomic E-state index is 0.139. The Kier molecular flexibility index (Phi) is 5.72. The number of amides is 2. The molecule has 1 aromatic carbocycles. The van der Waals surface area contributed by atoms with E-state index in [1.165, 1.54) is 11.0 Å². The number of anilines is 1.